The monoisotopic (exact) mass is 244 g/mol. The number of halogens is 1. The van der Waals surface area contributed by atoms with Gasteiger partial charge in [-0.15, -0.1) is 0 Å². The van der Waals surface area contributed by atoms with Crippen LogP contribution >= 0.6 is 0 Å². The Morgan fingerprint density at radius 3 is 2.44 bits per heavy atom. The smallest absolute Gasteiger partial charge is 0.127 e. The minimum Gasteiger partial charge on any atom is -0.207 e. The number of rotatable bonds is 2. The minimum atomic E-state index is -0.0480. The molecule has 0 atom stereocenters. The predicted octanol–water partition coefficient (Wildman–Crippen LogP) is 5.36. The first-order chi connectivity index (χ1) is 8.50. The average molecular weight is 244 g/mol. The molecule has 0 aromatic heterocycles. The number of aryl methyl sites for hydroxylation is 2. The molecular formula is C17H21F. The van der Waals surface area contributed by atoms with E-state index in [0.29, 0.717) is 5.92 Å². The van der Waals surface area contributed by atoms with Crippen LogP contribution in [0.2, 0.25) is 0 Å². The van der Waals surface area contributed by atoms with Gasteiger partial charge in [-0.1, -0.05) is 37.6 Å². The molecule has 0 saturated heterocycles. The zero-order valence-corrected chi connectivity index (χ0v) is 11.7. The van der Waals surface area contributed by atoms with Gasteiger partial charge < -0.3 is 0 Å². The van der Waals surface area contributed by atoms with Gasteiger partial charge in [0.2, 0.25) is 0 Å². The third kappa shape index (κ3) is 2.40. The molecular weight excluding hydrogens is 223 g/mol. The Bertz CT molecular complexity index is 518. The minimum absolute atomic E-state index is 0.0480. The van der Waals surface area contributed by atoms with E-state index in [2.05, 4.69) is 39.8 Å². The second kappa shape index (κ2) is 5.09. The van der Waals surface area contributed by atoms with Crippen molar-refractivity contribution in [2.75, 3.05) is 0 Å². The second-order valence-corrected chi connectivity index (χ2v) is 5.44. The highest BCUT2D eigenvalue weighted by atomic mass is 19.1. The van der Waals surface area contributed by atoms with Crippen molar-refractivity contribution < 1.29 is 4.39 Å². The summed E-state index contributed by atoms with van der Waals surface area (Å²) in [5, 5.41) is 0. The molecule has 1 heteroatoms. The van der Waals surface area contributed by atoms with Crippen molar-refractivity contribution in [2.45, 2.75) is 40.5 Å². The standard InChI is InChI=1S/C17H21F/c1-11(2)15-6-5-7-16(18)17(15)14-9-8-12(3)13(4)10-14/h7-11H,5-6H2,1-4H3. The fourth-order valence-electron chi connectivity index (χ4n) is 2.53. The van der Waals surface area contributed by atoms with Gasteiger partial charge in [0, 0.05) is 5.57 Å². The van der Waals surface area contributed by atoms with Crippen LogP contribution in [0.3, 0.4) is 0 Å². The van der Waals surface area contributed by atoms with Crippen molar-refractivity contribution in [1.29, 1.82) is 0 Å². The van der Waals surface area contributed by atoms with Crippen molar-refractivity contribution in [3.63, 3.8) is 0 Å². The molecule has 1 aliphatic carbocycles. The Morgan fingerprint density at radius 2 is 1.83 bits per heavy atom. The van der Waals surface area contributed by atoms with Crippen LogP contribution in [0.15, 0.2) is 35.7 Å². The van der Waals surface area contributed by atoms with Gasteiger partial charge in [0.15, 0.2) is 0 Å². The van der Waals surface area contributed by atoms with E-state index < -0.39 is 0 Å². The molecule has 0 fully saturated rings. The van der Waals surface area contributed by atoms with Crippen molar-refractivity contribution in [2.24, 2.45) is 5.92 Å². The van der Waals surface area contributed by atoms with E-state index in [1.54, 1.807) is 6.08 Å². The molecule has 0 heterocycles. The Labute approximate surface area is 109 Å². The molecule has 0 saturated carbocycles. The van der Waals surface area contributed by atoms with Crippen LogP contribution in [0, 0.1) is 19.8 Å². The zero-order chi connectivity index (χ0) is 13.3. The normalized spacial score (nSPS) is 16.2. The van der Waals surface area contributed by atoms with E-state index >= 15 is 0 Å². The third-order valence-electron chi connectivity index (χ3n) is 3.79. The fraction of sp³-hybridized carbons (Fsp3) is 0.412. The van der Waals surface area contributed by atoms with Gasteiger partial charge in [0.25, 0.3) is 0 Å². The van der Waals surface area contributed by atoms with Crippen LogP contribution in [0.1, 0.15) is 43.4 Å². The van der Waals surface area contributed by atoms with E-state index in [1.807, 2.05) is 6.07 Å². The van der Waals surface area contributed by atoms with E-state index in [9.17, 15) is 4.39 Å². The Kier molecular flexibility index (Phi) is 3.70. The molecule has 1 aromatic rings. The van der Waals surface area contributed by atoms with Crippen LogP contribution < -0.4 is 0 Å². The summed E-state index contributed by atoms with van der Waals surface area (Å²) in [7, 11) is 0. The number of benzene rings is 1. The lowest BCUT2D eigenvalue weighted by atomic mass is 9.85. The van der Waals surface area contributed by atoms with Gasteiger partial charge in [-0.05, 0) is 55.4 Å². The van der Waals surface area contributed by atoms with Crippen molar-refractivity contribution >= 4 is 5.57 Å². The third-order valence-corrected chi connectivity index (χ3v) is 3.79. The van der Waals surface area contributed by atoms with Gasteiger partial charge in [-0.25, -0.2) is 4.39 Å². The predicted molar refractivity (Wildman–Crippen MR) is 76.1 cm³/mol. The molecule has 0 nitrogen and oxygen atoms in total. The molecule has 0 unspecified atom stereocenters. The first kappa shape index (κ1) is 13.1. The van der Waals surface area contributed by atoms with Crippen molar-refractivity contribution in [3.05, 3.63) is 52.4 Å². The maximum Gasteiger partial charge on any atom is 0.127 e. The molecule has 18 heavy (non-hydrogen) atoms. The van der Waals surface area contributed by atoms with Crippen LogP contribution in [-0.4, -0.2) is 0 Å². The van der Waals surface area contributed by atoms with E-state index in [1.165, 1.54) is 16.7 Å². The van der Waals surface area contributed by atoms with Crippen LogP contribution in [-0.2, 0) is 0 Å². The molecule has 0 radical (unpaired) electrons. The molecule has 2 rings (SSSR count). The van der Waals surface area contributed by atoms with E-state index in [0.717, 1.165) is 24.0 Å². The SMILES string of the molecule is Cc1ccc(C2=C(C(C)C)CCC=C2F)cc1C. The fourth-order valence-corrected chi connectivity index (χ4v) is 2.53. The van der Waals surface area contributed by atoms with Crippen LogP contribution in [0.25, 0.3) is 5.57 Å². The lowest BCUT2D eigenvalue weighted by Crippen LogP contribution is -2.04. The van der Waals surface area contributed by atoms with Crippen LogP contribution in [0.4, 0.5) is 4.39 Å². The summed E-state index contributed by atoms with van der Waals surface area (Å²) in [5.41, 5.74) is 5.58. The van der Waals surface area contributed by atoms with Gasteiger partial charge in [-0.2, -0.15) is 0 Å². The van der Waals surface area contributed by atoms with Gasteiger partial charge in [0.1, 0.15) is 5.83 Å². The molecule has 0 bridgehead atoms. The Morgan fingerprint density at radius 1 is 1.11 bits per heavy atom. The summed E-state index contributed by atoms with van der Waals surface area (Å²) in [6.07, 6.45) is 3.53. The summed E-state index contributed by atoms with van der Waals surface area (Å²) in [6, 6.07) is 6.22. The molecule has 0 amide bonds. The zero-order valence-electron chi connectivity index (χ0n) is 11.7. The quantitative estimate of drug-likeness (QED) is 0.657. The van der Waals surface area contributed by atoms with Crippen molar-refractivity contribution in [3.8, 4) is 0 Å². The molecule has 0 spiro atoms. The average Bonchev–Trinajstić information content (AvgIpc) is 2.32. The number of allylic oxidation sites excluding steroid dienone is 4. The van der Waals surface area contributed by atoms with Gasteiger partial charge in [-0.3, -0.25) is 0 Å². The highest BCUT2D eigenvalue weighted by Gasteiger charge is 2.20. The maximum atomic E-state index is 14.2. The summed E-state index contributed by atoms with van der Waals surface area (Å²) in [4.78, 5) is 0. The Hall–Kier alpha value is -1.37. The molecule has 0 aliphatic heterocycles. The lowest BCUT2D eigenvalue weighted by Gasteiger charge is -2.21. The van der Waals surface area contributed by atoms with Crippen molar-refractivity contribution in [1.82, 2.24) is 0 Å². The molecule has 1 aromatic carbocycles. The molecule has 1 aliphatic rings. The number of hydrogen-bond acceptors (Lipinski definition) is 0. The second-order valence-electron chi connectivity index (χ2n) is 5.44. The van der Waals surface area contributed by atoms with Gasteiger partial charge in [0.05, 0.1) is 0 Å². The highest BCUT2D eigenvalue weighted by molar-refractivity contribution is 5.81. The Balaban J connectivity index is 2.57. The topological polar surface area (TPSA) is 0 Å². The first-order valence-corrected chi connectivity index (χ1v) is 6.67. The lowest BCUT2D eigenvalue weighted by molar-refractivity contribution is 0.634. The van der Waals surface area contributed by atoms with E-state index in [4.69, 9.17) is 0 Å². The summed E-state index contributed by atoms with van der Waals surface area (Å²) in [5.74, 6) is 0.356. The highest BCUT2D eigenvalue weighted by Crippen LogP contribution is 2.37. The summed E-state index contributed by atoms with van der Waals surface area (Å²) < 4.78 is 14.2. The van der Waals surface area contributed by atoms with Gasteiger partial charge >= 0.3 is 0 Å². The summed E-state index contributed by atoms with van der Waals surface area (Å²) >= 11 is 0. The largest absolute Gasteiger partial charge is 0.207 e. The van der Waals surface area contributed by atoms with E-state index in [-0.39, 0.29) is 5.83 Å². The summed E-state index contributed by atoms with van der Waals surface area (Å²) in [6.45, 7) is 8.47. The molecule has 0 N–H and O–H groups in total. The molecule has 96 valence electrons. The number of hydrogen-bond donors (Lipinski definition) is 0. The first-order valence-electron chi connectivity index (χ1n) is 6.67. The van der Waals surface area contributed by atoms with Crippen LogP contribution in [0.5, 0.6) is 0 Å². The maximum absolute atomic E-state index is 14.2.